The van der Waals surface area contributed by atoms with Gasteiger partial charge in [-0.3, -0.25) is 4.99 Å². The van der Waals surface area contributed by atoms with Gasteiger partial charge in [0, 0.05) is 39.8 Å². The van der Waals surface area contributed by atoms with Crippen molar-refractivity contribution in [3.8, 4) is 0 Å². The average molecular weight is 310 g/mol. The summed E-state index contributed by atoms with van der Waals surface area (Å²) in [6.45, 7) is 10.7. The summed E-state index contributed by atoms with van der Waals surface area (Å²) in [4.78, 5) is 9.27. The van der Waals surface area contributed by atoms with Gasteiger partial charge in [0.05, 0.1) is 12.7 Å². The van der Waals surface area contributed by atoms with Gasteiger partial charge in [-0.1, -0.05) is 20.3 Å². The molecule has 0 radical (unpaired) electrons. The number of likely N-dealkylation sites (N-methyl/N-ethyl adjacent to an activating group) is 1. The summed E-state index contributed by atoms with van der Waals surface area (Å²) in [7, 11) is 4.05. The zero-order valence-electron chi connectivity index (χ0n) is 14.9. The number of ether oxygens (including phenoxy) is 1. The Kier molecular flexibility index (Phi) is 6.50. The van der Waals surface area contributed by atoms with E-state index >= 15 is 0 Å². The number of likely N-dealkylation sites (tertiary alicyclic amines) is 1. The molecule has 0 aromatic heterocycles. The fraction of sp³-hybridized carbons (Fsp3) is 0.941. The fourth-order valence-corrected chi connectivity index (χ4v) is 3.83. The van der Waals surface area contributed by atoms with E-state index in [-0.39, 0.29) is 6.10 Å². The van der Waals surface area contributed by atoms with Crippen LogP contribution in [0.2, 0.25) is 0 Å². The van der Waals surface area contributed by atoms with Crippen LogP contribution in [-0.2, 0) is 4.74 Å². The molecule has 5 nitrogen and oxygen atoms in total. The molecule has 0 saturated carbocycles. The molecule has 2 atom stereocenters. The van der Waals surface area contributed by atoms with Crippen molar-refractivity contribution < 1.29 is 4.74 Å². The summed E-state index contributed by atoms with van der Waals surface area (Å²) in [5.74, 6) is 1.04. The molecule has 5 heteroatoms. The van der Waals surface area contributed by atoms with Gasteiger partial charge in [-0.15, -0.1) is 0 Å². The zero-order valence-corrected chi connectivity index (χ0v) is 14.9. The van der Waals surface area contributed by atoms with Gasteiger partial charge in [-0.2, -0.15) is 0 Å². The van der Waals surface area contributed by atoms with Crippen LogP contribution >= 0.6 is 0 Å². The maximum absolute atomic E-state index is 5.83. The Labute approximate surface area is 136 Å². The molecule has 0 spiro atoms. The molecule has 128 valence electrons. The van der Waals surface area contributed by atoms with Gasteiger partial charge < -0.3 is 19.9 Å². The average Bonchev–Trinajstić information content (AvgIpc) is 2.48. The second kappa shape index (κ2) is 8.16. The third-order valence-corrected chi connectivity index (χ3v) is 4.98. The Morgan fingerprint density at radius 3 is 2.91 bits per heavy atom. The first kappa shape index (κ1) is 17.5. The molecule has 0 aliphatic carbocycles. The van der Waals surface area contributed by atoms with Crippen molar-refractivity contribution in [3.63, 3.8) is 0 Å². The first-order valence-corrected chi connectivity index (χ1v) is 8.82. The molecule has 2 aliphatic heterocycles. The molecule has 2 unspecified atom stereocenters. The minimum absolute atomic E-state index is 0.266. The Hall–Kier alpha value is -0.810. The largest absolute Gasteiger partial charge is 0.374 e. The van der Waals surface area contributed by atoms with E-state index in [1.54, 1.807) is 0 Å². The highest BCUT2D eigenvalue weighted by atomic mass is 16.5. The van der Waals surface area contributed by atoms with Crippen LogP contribution in [0.1, 0.15) is 39.5 Å². The third-order valence-electron chi connectivity index (χ3n) is 4.98. The van der Waals surface area contributed by atoms with Crippen molar-refractivity contribution in [3.05, 3.63) is 0 Å². The van der Waals surface area contributed by atoms with Crippen molar-refractivity contribution in [2.24, 2.45) is 10.4 Å². The van der Waals surface area contributed by atoms with Crippen LogP contribution in [0.25, 0.3) is 0 Å². The van der Waals surface area contributed by atoms with E-state index < -0.39 is 0 Å². The highest BCUT2D eigenvalue weighted by Gasteiger charge is 2.31. The zero-order chi connectivity index (χ0) is 16.0. The summed E-state index contributed by atoms with van der Waals surface area (Å²) < 4.78 is 5.83. The number of hydrogen-bond donors (Lipinski definition) is 1. The second-order valence-corrected chi connectivity index (χ2v) is 7.27. The number of rotatable bonds is 4. The highest BCUT2D eigenvalue weighted by molar-refractivity contribution is 5.80. The van der Waals surface area contributed by atoms with E-state index in [2.05, 4.69) is 41.0 Å². The Bertz CT molecular complexity index is 370. The first-order valence-electron chi connectivity index (χ1n) is 8.82. The number of hydrogen-bond acceptors (Lipinski definition) is 3. The summed E-state index contributed by atoms with van der Waals surface area (Å²) >= 11 is 0. The lowest BCUT2D eigenvalue weighted by molar-refractivity contribution is -0.0165. The van der Waals surface area contributed by atoms with Crippen molar-refractivity contribution in [1.82, 2.24) is 15.1 Å². The summed E-state index contributed by atoms with van der Waals surface area (Å²) in [5.41, 5.74) is 0.437. The SMILES string of the molecule is CCCC1(C)CCCN(C(=NC)NCC2CN(C)CCO2)C1. The first-order chi connectivity index (χ1) is 10.6. The van der Waals surface area contributed by atoms with Gasteiger partial charge in [0.2, 0.25) is 0 Å². The molecule has 2 rings (SSSR count). The molecule has 2 heterocycles. The molecular formula is C17H34N4O. The van der Waals surface area contributed by atoms with E-state index in [9.17, 15) is 0 Å². The van der Waals surface area contributed by atoms with Gasteiger partial charge in [0.1, 0.15) is 0 Å². The van der Waals surface area contributed by atoms with Gasteiger partial charge in [-0.05, 0) is 31.7 Å². The predicted octanol–water partition coefficient (Wildman–Crippen LogP) is 1.79. The minimum Gasteiger partial charge on any atom is -0.374 e. The van der Waals surface area contributed by atoms with Crippen molar-refractivity contribution >= 4 is 5.96 Å². The standard InChI is InChI=1S/C17H34N4O/c1-5-7-17(2)8-6-9-21(14-17)16(18-3)19-12-15-13-20(4)10-11-22-15/h15H,5-14H2,1-4H3,(H,18,19). The molecule has 22 heavy (non-hydrogen) atoms. The lowest BCUT2D eigenvalue weighted by Crippen LogP contribution is -2.53. The molecule has 2 saturated heterocycles. The number of aliphatic imine (C=N–C) groups is 1. The second-order valence-electron chi connectivity index (χ2n) is 7.27. The van der Waals surface area contributed by atoms with E-state index in [1.807, 2.05) is 7.05 Å². The molecule has 0 amide bonds. The Morgan fingerprint density at radius 1 is 1.41 bits per heavy atom. The number of nitrogens with zero attached hydrogens (tertiary/aromatic N) is 3. The summed E-state index contributed by atoms with van der Waals surface area (Å²) in [5, 5.41) is 3.53. The van der Waals surface area contributed by atoms with Gasteiger partial charge >= 0.3 is 0 Å². The van der Waals surface area contributed by atoms with Crippen LogP contribution in [0.5, 0.6) is 0 Å². The molecule has 2 fully saturated rings. The van der Waals surface area contributed by atoms with E-state index in [1.165, 1.54) is 25.7 Å². The lowest BCUT2D eigenvalue weighted by atomic mass is 9.78. The molecular weight excluding hydrogens is 276 g/mol. The fourth-order valence-electron chi connectivity index (χ4n) is 3.83. The Morgan fingerprint density at radius 2 is 2.23 bits per heavy atom. The summed E-state index contributed by atoms with van der Waals surface area (Å²) in [6, 6.07) is 0. The predicted molar refractivity (Wildman–Crippen MR) is 92.4 cm³/mol. The maximum atomic E-state index is 5.83. The quantitative estimate of drug-likeness (QED) is 0.635. The number of piperidine rings is 1. The Balaban J connectivity index is 1.85. The van der Waals surface area contributed by atoms with Gasteiger partial charge in [-0.25, -0.2) is 0 Å². The van der Waals surface area contributed by atoms with Crippen LogP contribution in [0, 0.1) is 5.41 Å². The minimum atomic E-state index is 0.266. The monoisotopic (exact) mass is 310 g/mol. The van der Waals surface area contributed by atoms with Crippen molar-refractivity contribution in [2.45, 2.75) is 45.6 Å². The molecule has 0 aromatic rings. The highest BCUT2D eigenvalue weighted by Crippen LogP contribution is 2.33. The number of nitrogens with one attached hydrogen (secondary N) is 1. The molecule has 1 N–H and O–H groups in total. The topological polar surface area (TPSA) is 40.1 Å². The van der Waals surface area contributed by atoms with Crippen LogP contribution < -0.4 is 5.32 Å². The molecule has 0 aromatic carbocycles. The third kappa shape index (κ3) is 4.85. The van der Waals surface area contributed by atoms with Gasteiger partial charge in [0.15, 0.2) is 5.96 Å². The smallest absolute Gasteiger partial charge is 0.193 e. The van der Waals surface area contributed by atoms with Crippen LogP contribution in [0.4, 0.5) is 0 Å². The molecule has 2 aliphatic rings. The van der Waals surface area contributed by atoms with E-state index in [0.29, 0.717) is 5.41 Å². The van der Waals surface area contributed by atoms with Crippen LogP contribution in [0.3, 0.4) is 0 Å². The summed E-state index contributed by atoms with van der Waals surface area (Å²) in [6.07, 6.45) is 5.43. The van der Waals surface area contributed by atoms with Crippen molar-refractivity contribution in [2.75, 3.05) is 53.4 Å². The number of guanidine groups is 1. The normalized spacial score (nSPS) is 31.4. The molecule has 0 bridgehead atoms. The van der Waals surface area contributed by atoms with E-state index in [0.717, 1.165) is 45.3 Å². The maximum Gasteiger partial charge on any atom is 0.193 e. The van der Waals surface area contributed by atoms with Crippen molar-refractivity contribution in [1.29, 1.82) is 0 Å². The van der Waals surface area contributed by atoms with Gasteiger partial charge in [0.25, 0.3) is 0 Å². The van der Waals surface area contributed by atoms with Crippen LogP contribution in [-0.4, -0.2) is 75.3 Å². The van der Waals surface area contributed by atoms with E-state index in [4.69, 9.17) is 4.74 Å². The number of morpholine rings is 1. The lowest BCUT2D eigenvalue weighted by Gasteiger charge is -2.42. The van der Waals surface area contributed by atoms with Crippen LogP contribution in [0.15, 0.2) is 4.99 Å².